The second-order valence-electron chi connectivity index (χ2n) is 3.22. The molecule has 0 aliphatic carbocycles. The fourth-order valence-corrected chi connectivity index (χ4v) is 0.378. The van der Waals surface area contributed by atoms with Gasteiger partial charge in [-0.1, -0.05) is 20.8 Å². The average Bonchev–Trinajstić information content (AvgIpc) is 1.59. The van der Waals surface area contributed by atoms with Gasteiger partial charge in [-0.3, -0.25) is 0 Å². The Morgan fingerprint density at radius 3 is 2.00 bits per heavy atom. The van der Waals surface area contributed by atoms with Gasteiger partial charge in [-0.25, -0.2) is 0 Å². The van der Waals surface area contributed by atoms with Crippen LogP contribution in [0.15, 0.2) is 0 Å². The van der Waals surface area contributed by atoms with Gasteiger partial charge in [0.2, 0.25) is 7.11 Å². The van der Waals surface area contributed by atoms with E-state index in [-0.39, 0.29) is 0 Å². The normalized spacial score (nSPS) is 11.9. The van der Waals surface area contributed by atoms with Crippen LogP contribution in [0.5, 0.6) is 0 Å². The lowest BCUT2D eigenvalue weighted by Crippen LogP contribution is -2.07. The monoisotopic (exact) mass is 115 g/mol. The van der Waals surface area contributed by atoms with Crippen molar-refractivity contribution in [3.8, 4) is 0 Å². The van der Waals surface area contributed by atoms with Crippen molar-refractivity contribution < 1.29 is 4.74 Å². The fraction of sp³-hybridized carbons (Fsp3) is 0.857. The Morgan fingerprint density at radius 2 is 1.88 bits per heavy atom. The van der Waals surface area contributed by atoms with Crippen LogP contribution in [0.4, 0.5) is 0 Å². The van der Waals surface area contributed by atoms with Crippen LogP contribution in [0.2, 0.25) is 0 Å². The van der Waals surface area contributed by atoms with E-state index in [1.165, 1.54) is 0 Å². The summed E-state index contributed by atoms with van der Waals surface area (Å²) in [5.41, 5.74) is 0.387. The quantitative estimate of drug-likeness (QED) is 0.501. The second kappa shape index (κ2) is 2.98. The number of rotatable bonds is 2. The average molecular weight is 115 g/mol. The Hall–Kier alpha value is -0.170. The van der Waals surface area contributed by atoms with E-state index in [9.17, 15) is 0 Å². The maximum absolute atomic E-state index is 4.67. The molecule has 0 spiro atoms. The molecule has 0 amide bonds. The predicted molar refractivity (Wildman–Crippen MR) is 35.4 cm³/mol. The summed E-state index contributed by atoms with van der Waals surface area (Å²) in [7, 11) is 3.29. The van der Waals surface area contributed by atoms with Crippen LogP contribution >= 0.6 is 0 Å². The molecule has 0 saturated carbocycles. The van der Waals surface area contributed by atoms with Crippen LogP contribution in [0.25, 0.3) is 0 Å². The van der Waals surface area contributed by atoms with Crippen molar-refractivity contribution in [2.24, 2.45) is 5.41 Å². The van der Waals surface area contributed by atoms with Gasteiger partial charge >= 0.3 is 0 Å². The molecule has 0 aliphatic heterocycles. The first-order valence-corrected chi connectivity index (χ1v) is 2.93. The number of hydrogen-bond donors (Lipinski definition) is 0. The van der Waals surface area contributed by atoms with Gasteiger partial charge < -0.3 is 0 Å². The topological polar surface area (TPSA) is 9.23 Å². The largest absolute Gasteiger partial charge is 0.213 e. The molecule has 0 radical (unpaired) electrons. The van der Waals surface area contributed by atoms with Gasteiger partial charge in [-0.15, -0.1) is 0 Å². The molecule has 1 nitrogen and oxygen atoms in total. The Labute approximate surface area is 52.0 Å². The molecule has 0 heterocycles. The van der Waals surface area contributed by atoms with Crippen molar-refractivity contribution >= 4 is 0 Å². The van der Waals surface area contributed by atoms with E-state index in [0.29, 0.717) is 5.41 Å². The van der Waals surface area contributed by atoms with E-state index < -0.39 is 0 Å². The van der Waals surface area contributed by atoms with Gasteiger partial charge in [0.1, 0.15) is 0 Å². The van der Waals surface area contributed by atoms with E-state index in [4.69, 9.17) is 0 Å². The highest BCUT2D eigenvalue weighted by Gasteiger charge is 2.09. The van der Waals surface area contributed by atoms with Crippen LogP contribution in [0, 0.1) is 12.5 Å². The molecular weight excluding hydrogens is 100 g/mol. The lowest BCUT2D eigenvalue weighted by Gasteiger charge is -2.14. The van der Waals surface area contributed by atoms with Crippen LogP contribution in [0.3, 0.4) is 0 Å². The summed E-state index contributed by atoms with van der Waals surface area (Å²) >= 11 is 0. The minimum Gasteiger partial charge on any atom is -0.199 e. The summed E-state index contributed by atoms with van der Waals surface area (Å²) < 4.78 is 4.67. The first-order chi connectivity index (χ1) is 3.56. The third kappa shape index (κ3) is 5.83. The summed E-state index contributed by atoms with van der Waals surface area (Å²) in [5, 5.41) is 0. The summed E-state index contributed by atoms with van der Waals surface area (Å²) in [6.07, 6.45) is 1.08. The molecule has 48 valence electrons. The van der Waals surface area contributed by atoms with Crippen LogP contribution in [-0.4, -0.2) is 6.61 Å². The Balaban J connectivity index is 3.11. The molecule has 0 aromatic carbocycles. The molecule has 0 fully saturated rings. The highest BCUT2D eigenvalue weighted by molar-refractivity contribution is 4.59. The smallest absolute Gasteiger partial charge is 0.199 e. The summed E-state index contributed by atoms with van der Waals surface area (Å²) in [6, 6.07) is 0. The maximum atomic E-state index is 4.67. The molecule has 0 bridgehead atoms. The Bertz CT molecular complexity index is 51.9. The van der Waals surface area contributed by atoms with Gasteiger partial charge in [-0.05, 0) is 11.8 Å². The van der Waals surface area contributed by atoms with Crippen LogP contribution in [-0.2, 0) is 4.74 Å². The Kier molecular flexibility index (Phi) is 2.91. The fourth-order valence-electron chi connectivity index (χ4n) is 0.378. The highest BCUT2D eigenvalue weighted by Crippen LogP contribution is 2.17. The van der Waals surface area contributed by atoms with Gasteiger partial charge in [0, 0.05) is 0 Å². The van der Waals surface area contributed by atoms with E-state index in [0.717, 1.165) is 13.0 Å². The van der Waals surface area contributed by atoms with E-state index in [1.54, 1.807) is 0 Å². The number of ether oxygens (including phenoxy) is 1. The predicted octanol–water partition coefficient (Wildman–Crippen LogP) is 2.23. The molecular formula is C7H15O+. The van der Waals surface area contributed by atoms with Crippen molar-refractivity contribution in [2.75, 3.05) is 6.61 Å². The second-order valence-corrected chi connectivity index (χ2v) is 3.22. The van der Waals surface area contributed by atoms with Gasteiger partial charge in [0.05, 0.1) is 6.61 Å². The van der Waals surface area contributed by atoms with Crippen LogP contribution in [0.1, 0.15) is 27.2 Å². The zero-order valence-corrected chi connectivity index (χ0v) is 6.03. The third-order valence-corrected chi connectivity index (χ3v) is 0.996. The number of hydrogen-bond acceptors (Lipinski definition) is 1. The van der Waals surface area contributed by atoms with E-state index in [1.807, 2.05) is 0 Å². The van der Waals surface area contributed by atoms with Crippen molar-refractivity contribution in [1.29, 1.82) is 0 Å². The van der Waals surface area contributed by atoms with Crippen molar-refractivity contribution in [3.63, 3.8) is 0 Å². The first kappa shape index (κ1) is 7.83. The molecule has 0 N–H and O–H groups in total. The van der Waals surface area contributed by atoms with Crippen molar-refractivity contribution in [2.45, 2.75) is 27.2 Å². The lowest BCUT2D eigenvalue weighted by molar-refractivity contribution is 0.192. The van der Waals surface area contributed by atoms with Gasteiger partial charge in [0.25, 0.3) is 0 Å². The zero-order valence-electron chi connectivity index (χ0n) is 6.03. The SMILES string of the molecule is [CH2+]OCCC(C)(C)C. The minimum atomic E-state index is 0.387. The molecule has 1 heteroatoms. The molecule has 0 aliphatic rings. The highest BCUT2D eigenvalue weighted by atomic mass is 16.5. The molecule has 0 atom stereocenters. The molecule has 8 heavy (non-hydrogen) atoms. The summed E-state index contributed by atoms with van der Waals surface area (Å²) in [4.78, 5) is 0. The van der Waals surface area contributed by atoms with Crippen LogP contribution < -0.4 is 0 Å². The molecule has 0 saturated heterocycles. The molecule has 0 aromatic rings. The maximum Gasteiger partial charge on any atom is 0.213 e. The van der Waals surface area contributed by atoms with Crippen molar-refractivity contribution in [1.82, 2.24) is 0 Å². The molecule has 0 unspecified atom stereocenters. The third-order valence-electron chi connectivity index (χ3n) is 0.996. The summed E-state index contributed by atoms with van der Waals surface area (Å²) in [5.74, 6) is 0. The van der Waals surface area contributed by atoms with Gasteiger partial charge in [0.15, 0.2) is 0 Å². The lowest BCUT2D eigenvalue weighted by atomic mass is 9.93. The van der Waals surface area contributed by atoms with E-state index >= 15 is 0 Å². The Morgan fingerprint density at radius 1 is 1.38 bits per heavy atom. The summed E-state index contributed by atoms with van der Waals surface area (Å²) in [6.45, 7) is 7.33. The molecule has 0 rings (SSSR count). The zero-order chi connectivity index (χ0) is 6.62. The first-order valence-electron chi connectivity index (χ1n) is 2.93. The molecule has 0 aromatic heterocycles. The standard InChI is InChI=1S/C7H15O/c1-7(2,3)5-6-8-4/h4-6H2,1-3H3/q+1. The minimum absolute atomic E-state index is 0.387. The van der Waals surface area contributed by atoms with Crippen molar-refractivity contribution in [3.05, 3.63) is 7.11 Å². The van der Waals surface area contributed by atoms with E-state index in [2.05, 4.69) is 32.6 Å². The van der Waals surface area contributed by atoms with Gasteiger partial charge in [-0.2, -0.15) is 4.74 Å².